The van der Waals surface area contributed by atoms with E-state index in [2.05, 4.69) is 15.6 Å². The van der Waals surface area contributed by atoms with Gasteiger partial charge in [0.25, 0.3) is 0 Å². The third-order valence-corrected chi connectivity index (χ3v) is 2.35. The fraction of sp³-hybridized carbons (Fsp3) is 0.250. The molecular weight excluding hydrogens is 246 g/mol. The summed E-state index contributed by atoms with van der Waals surface area (Å²) in [6.07, 6.45) is 3.15. The lowest BCUT2D eigenvalue weighted by Crippen LogP contribution is -2.31. The summed E-state index contributed by atoms with van der Waals surface area (Å²) in [6, 6.07) is 7.09. The smallest absolute Gasteiger partial charge is 0.241 e. The first-order valence-corrected chi connectivity index (χ1v) is 5.83. The number of benzene rings is 1. The molecule has 0 spiro atoms. The predicted molar refractivity (Wildman–Crippen MR) is 69.4 cm³/mol. The fourth-order valence-electron chi connectivity index (χ4n) is 1.44. The Hall–Kier alpha value is -2.57. The molecule has 0 fully saturated rings. The maximum Gasteiger partial charge on any atom is 0.241 e. The highest BCUT2D eigenvalue weighted by atomic mass is 16.5. The van der Waals surface area contributed by atoms with Gasteiger partial charge < -0.3 is 15.8 Å². The molecule has 1 aromatic heterocycles. The Kier molecular flexibility index (Phi) is 4.33. The molecule has 19 heavy (non-hydrogen) atoms. The molecule has 1 amide bonds. The number of carbonyl (C=O) groups is 1. The second kappa shape index (κ2) is 6.39. The monoisotopic (exact) mass is 261 g/mol. The summed E-state index contributed by atoms with van der Waals surface area (Å²) in [6.45, 7) is 0.979. The Morgan fingerprint density at radius 1 is 1.37 bits per heavy atom. The number of amides is 1. The van der Waals surface area contributed by atoms with E-state index in [1.165, 1.54) is 10.9 Å². The summed E-state index contributed by atoms with van der Waals surface area (Å²) in [5, 5.41) is 10.0. The van der Waals surface area contributed by atoms with Crippen LogP contribution in [0.4, 0.5) is 5.69 Å². The molecule has 100 valence electrons. The number of carbonyl (C=O) groups excluding carboxylic acids is 1. The van der Waals surface area contributed by atoms with Gasteiger partial charge in [-0.1, -0.05) is 5.21 Å². The summed E-state index contributed by atoms with van der Waals surface area (Å²) < 4.78 is 6.90. The quantitative estimate of drug-likeness (QED) is 0.566. The van der Waals surface area contributed by atoms with Crippen molar-refractivity contribution in [3.05, 3.63) is 36.7 Å². The highest BCUT2D eigenvalue weighted by Gasteiger charge is 2.02. The molecule has 2 rings (SSSR count). The van der Waals surface area contributed by atoms with E-state index >= 15 is 0 Å². The van der Waals surface area contributed by atoms with E-state index in [9.17, 15) is 4.79 Å². The molecule has 0 aliphatic rings. The van der Waals surface area contributed by atoms with Crippen molar-refractivity contribution in [2.24, 2.45) is 0 Å². The standard InChI is InChI=1S/C12H15N5O2/c13-10-1-3-11(4-2-10)19-8-6-14-12(18)9-17-7-5-15-16-17/h1-5,7H,6,8-9,13H2,(H,14,18). The average Bonchev–Trinajstić information content (AvgIpc) is 2.89. The number of anilines is 1. The van der Waals surface area contributed by atoms with Crippen molar-refractivity contribution in [1.82, 2.24) is 20.3 Å². The van der Waals surface area contributed by atoms with Gasteiger partial charge in [-0.2, -0.15) is 0 Å². The minimum atomic E-state index is -0.133. The summed E-state index contributed by atoms with van der Waals surface area (Å²) >= 11 is 0. The molecular formula is C12H15N5O2. The van der Waals surface area contributed by atoms with Gasteiger partial charge in [0.1, 0.15) is 18.9 Å². The number of rotatable bonds is 6. The second-order valence-electron chi connectivity index (χ2n) is 3.87. The van der Waals surface area contributed by atoms with Gasteiger partial charge in [-0.3, -0.25) is 4.79 Å². The molecule has 0 bridgehead atoms. The normalized spacial score (nSPS) is 10.1. The largest absolute Gasteiger partial charge is 0.492 e. The first-order chi connectivity index (χ1) is 9.24. The number of nitrogens with zero attached hydrogens (tertiary/aromatic N) is 3. The number of hydrogen-bond donors (Lipinski definition) is 2. The molecule has 2 aromatic rings. The van der Waals surface area contributed by atoms with E-state index < -0.39 is 0 Å². The summed E-state index contributed by atoms with van der Waals surface area (Å²) in [7, 11) is 0. The Bertz CT molecular complexity index is 509. The zero-order chi connectivity index (χ0) is 13.5. The number of hydrogen-bond acceptors (Lipinski definition) is 5. The van der Waals surface area contributed by atoms with Crippen LogP contribution in [-0.4, -0.2) is 34.1 Å². The van der Waals surface area contributed by atoms with Gasteiger partial charge >= 0.3 is 0 Å². The van der Waals surface area contributed by atoms with E-state index in [0.29, 0.717) is 18.8 Å². The third-order valence-electron chi connectivity index (χ3n) is 2.35. The topological polar surface area (TPSA) is 95.1 Å². The van der Waals surface area contributed by atoms with Crippen LogP contribution in [0.2, 0.25) is 0 Å². The Labute approximate surface area is 110 Å². The molecule has 0 atom stereocenters. The highest BCUT2D eigenvalue weighted by molar-refractivity contribution is 5.75. The van der Waals surface area contributed by atoms with E-state index in [1.807, 2.05) is 0 Å². The molecule has 7 heteroatoms. The molecule has 0 saturated carbocycles. The van der Waals surface area contributed by atoms with Gasteiger partial charge in [0.15, 0.2) is 0 Å². The van der Waals surface area contributed by atoms with E-state index in [0.717, 1.165) is 5.75 Å². The van der Waals surface area contributed by atoms with Crippen LogP contribution in [-0.2, 0) is 11.3 Å². The first-order valence-electron chi connectivity index (χ1n) is 5.83. The molecule has 1 heterocycles. The molecule has 7 nitrogen and oxygen atoms in total. The molecule has 0 aliphatic heterocycles. The van der Waals surface area contributed by atoms with Crippen molar-refractivity contribution in [2.75, 3.05) is 18.9 Å². The molecule has 3 N–H and O–H groups in total. The Morgan fingerprint density at radius 2 is 2.16 bits per heavy atom. The summed E-state index contributed by atoms with van der Waals surface area (Å²) in [4.78, 5) is 11.5. The zero-order valence-electron chi connectivity index (χ0n) is 10.3. The van der Waals surface area contributed by atoms with Gasteiger partial charge in [-0.15, -0.1) is 5.10 Å². The highest BCUT2D eigenvalue weighted by Crippen LogP contribution is 2.12. The minimum Gasteiger partial charge on any atom is -0.492 e. The van der Waals surface area contributed by atoms with E-state index in [-0.39, 0.29) is 12.5 Å². The lowest BCUT2D eigenvalue weighted by atomic mass is 10.3. The lowest BCUT2D eigenvalue weighted by Gasteiger charge is -2.07. The van der Waals surface area contributed by atoms with Crippen LogP contribution in [0, 0.1) is 0 Å². The van der Waals surface area contributed by atoms with Crippen molar-refractivity contribution in [3.63, 3.8) is 0 Å². The number of nitrogens with one attached hydrogen (secondary N) is 1. The third kappa shape index (κ3) is 4.30. The fourth-order valence-corrected chi connectivity index (χ4v) is 1.44. The number of nitrogen functional groups attached to an aromatic ring is 1. The molecule has 0 saturated heterocycles. The van der Waals surface area contributed by atoms with Crippen molar-refractivity contribution in [1.29, 1.82) is 0 Å². The van der Waals surface area contributed by atoms with Crippen LogP contribution < -0.4 is 15.8 Å². The van der Waals surface area contributed by atoms with Crippen molar-refractivity contribution in [2.45, 2.75) is 6.54 Å². The zero-order valence-corrected chi connectivity index (χ0v) is 10.3. The lowest BCUT2D eigenvalue weighted by molar-refractivity contribution is -0.121. The van der Waals surface area contributed by atoms with Crippen LogP contribution in [0.25, 0.3) is 0 Å². The minimum absolute atomic E-state index is 0.133. The first kappa shape index (κ1) is 12.9. The van der Waals surface area contributed by atoms with E-state index in [1.54, 1.807) is 30.5 Å². The Balaban J connectivity index is 1.64. The summed E-state index contributed by atoms with van der Waals surface area (Å²) in [5.41, 5.74) is 6.25. The maximum absolute atomic E-state index is 11.5. The predicted octanol–water partition coefficient (Wildman–Crippen LogP) is 0.0555. The van der Waals surface area contributed by atoms with Gasteiger partial charge in [0, 0.05) is 11.9 Å². The van der Waals surface area contributed by atoms with Crippen LogP contribution in [0.1, 0.15) is 0 Å². The van der Waals surface area contributed by atoms with Crippen LogP contribution in [0.5, 0.6) is 5.75 Å². The summed E-state index contributed by atoms with van der Waals surface area (Å²) in [5.74, 6) is 0.589. The maximum atomic E-state index is 11.5. The number of nitrogens with two attached hydrogens (primary N) is 1. The van der Waals surface area contributed by atoms with Gasteiger partial charge in [0.2, 0.25) is 5.91 Å². The van der Waals surface area contributed by atoms with E-state index in [4.69, 9.17) is 10.5 Å². The van der Waals surface area contributed by atoms with Crippen LogP contribution in [0.3, 0.4) is 0 Å². The molecule has 0 aliphatic carbocycles. The molecule has 1 aromatic carbocycles. The van der Waals surface area contributed by atoms with Gasteiger partial charge in [-0.25, -0.2) is 4.68 Å². The van der Waals surface area contributed by atoms with Gasteiger partial charge in [-0.05, 0) is 24.3 Å². The van der Waals surface area contributed by atoms with Crippen molar-refractivity contribution < 1.29 is 9.53 Å². The van der Waals surface area contributed by atoms with Gasteiger partial charge in [0.05, 0.1) is 12.7 Å². The van der Waals surface area contributed by atoms with Crippen molar-refractivity contribution in [3.8, 4) is 5.75 Å². The molecule has 0 unspecified atom stereocenters. The van der Waals surface area contributed by atoms with Crippen LogP contribution in [0.15, 0.2) is 36.7 Å². The average molecular weight is 261 g/mol. The number of ether oxygens (including phenoxy) is 1. The van der Waals surface area contributed by atoms with Crippen molar-refractivity contribution >= 4 is 11.6 Å². The number of aromatic nitrogens is 3. The Morgan fingerprint density at radius 3 is 2.84 bits per heavy atom. The second-order valence-corrected chi connectivity index (χ2v) is 3.87. The molecule has 0 radical (unpaired) electrons. The SMILES string of the molecule is Nc1ccc(OCCNC(=O)Cn2ccnn2)cc1. The van der Waals surface area contributed by atoms with Crippen LogP contribution >= 0.6 is 0 Å².